The van der Waals surface area contributed by atoms with Gasteiger partial charge in [0.1, 0.15) is 0 Å². The molecule has 0 saturated carbocycles. The third-order valence-corrected chi connectivity index (χ3v) is 6.63. The van der Waals surface area contributed by atoms with E-state index in [1.807, 2.05) is 30.3 Å². The number of rotatable bonds is 4. The van der Waals surface area contributed by atoms with Crippen LogP contribution in [0.25, 0.3) is 0 Å². The van der Waals surface area contributed by atoms with Crippen molar-refractivity contribution in [3.05, 3.63) is 54.4 Å². The van der Waals surface area contributed by atoms with Gasteiger partial charge in [-0.15, -0.1) is 0 Å². The van der Waals surface area contributed by atoms with Gasteiger partial charge >= 0.3 is 0 Å². The van der Waals surface area contributed by atoms with Crippen molar-refractivity contribution in [2.24, 2.45) is 5.41 Å². The Kier molecular flexibility index (Phi) is 3.77. The van der Waals surface area contributed by atoms with E-state index in [9.17, 15) is 8.42 Å². The summed E-state index contributed by atoms with van der Waals surface area (Å²) in [6.07, 6.45) is 4.47. The maximum absolute atomic E-state index is 12.6. The number of benzene rings is 1. The van der Waals surface area contributed by atoms with Gasteiger partial charge in [-0.05, 0) is 18.1 Å². The topological polar surface area (TPSA) is 66.4 Å². The first-order valence-corrected chi connectivity index (χ1v) is 9.71. The Morgan fingerprint density at radius 1 is 1.00 bits per heavy atom. The Labute approximate surface area is 142 Å². The lowest BCUT2D eigenvalue weighted by Gasteiger charge is -2.46. The summed E-state index contributed by atoms with van der Waals surface area (Å²) in [6, 6.07) is 11.2. The standard InChI is InChI=1S/C17H20N4O2S/c22-24(23,11-15-5-2-1-3-6-15)21-13-17(14-21)7-10-20(12-17)16-18-8-4-9-19-16/h1-6,8-9H,7,10-14H2. The average Bonchev–Trinajstić information content (AvgIpc) is 3.01. The van der Waals surface area contributed by atoms with E-state index in [2.05, 4.69) is 14.9 Å². The molecule has 1 spiro atoms. The van der Waals surface area contributed by atoms with Crippen molar-refractivity contribution in [1.29, 1.82) is 0 Å². The first-order valence-electron chi connectivity index (χ1n) is 8.10. The van der Waals surface area contributed by atoms with E-state index < -0.39 is 10.0 Å². The van der Waals surface area contributed by atoms with Crippen molar-refractivity contribution in [1.82, 2.24) is 14.3 Å². The highest BCUT2D eigenvalue weighted by atomic mass is 32.2. The van der Waals surface area contributed by atoms with Crippen LogP contribution in [0, 0.1) is 5.41 Å². The minimum atomic E-state index is -3.24. The van der Waals surface area contributed by atoms with Gasteiger partial charge in [-0.1, -0.05) is 30.3 Å². The zero-order chi connectivity index (χ0) is 16.6. The zero-order valence-corrected chi connectivity index (χ0v) is 14.2. The molecule has 2 aliphatic rings. The van der Waals surface area contributed by atoms with Crippen LogP contribution in [0.1, 0.15) is 12.0 Å². The van der Waals surface area contributed by atoms with Gasteiger partial charge in [-0.3, -0.25) is 0 Å². The maximum atomic E-state index is 12.6. The van der Waals surface area contributed by atoms with Crippen molar-refractivity contribution in [3.63, 3.8) is 0 Å². The summed E-state index contributed by atoms with van der Waals surface area (Å²) in [4.78, 5) is 10.7. The molecule has 2 saturated heterocycles. The highest BCUT2D eigenvalue weighted by Gasteiger charge is 2.51. The van der Waals surface area contributed by atoms with Gasteiger partial charge in [0.15, 0.2) is 0 Å². The van der Waals surface area contributed by atoms with Gasteiger partial charge in [-0.25, -0.2) is 22.7 Å². The molecular weight excluding hydrogens is 324 g/mol. The Morgan fingerprint density at radius 3 is 2.42 bits per heavy atom. The van der Waals surface area contributed by atoms with E-state index in [0.29, 0.717) is 13.1 Å². The SMILES string of the molecule is O=S(=O)(Cc1ccccc1)N1CC2(CCN(c3ncccn3)C2)C1. The molecule has 2 aromatic rings. The highest BCUT2D eigenvalue weighted by Crippen LogP contribution is 2.42. The monoisotopic (exact) mass is 344 g/mol. The van der Waals surface area contributed by atoms with Gasteiger partial charge in [0, 0.05) is 44.0 Å². The van der Waals surface area contributed by atoms with Crippen LogP contribution in [0.5, 0.6) is 0 Å². The number of nitrogens with zero attached hydrogens (tertiary/aromatic N) is 4. The molecule has 1 aromatic carbocycles. The molecule has 7 heteroatoms. The van der Waals surface area contributed by atoms with Crippen LogP contribution in [0.4, 0.5) is 5.95 Å². The van der Waals surface area contributed by atoms with E-state index >= 15 is 0 Å². The molecule has 0 atom stereocenters. The molecule has 1 aromatic heterocycles. The lowest BCUT2D eigenvalue weighted by molar-refractivity contribution is 0.0934. The molecule has 4 rings (SSSR count). The molecule has 0 aliphatic carbocycles. The van der Waals surface area contributed by atoms with Crippen molar-refractivity contribution in [2.75, 3.05) is 31.1 Å². The summed E-state index contributed by atoms with van der Waals surface area (Å²) < 4.78 is 26.7. The third kappa shape index (κ3) is 2.89. The van der Waals surface area contributed by atoms with Crippen LogP contribution >= 0.6 is 0 Å². The van der Waals surface area contributed by atoms with Crippen LogP contribution in [-0.4, -0.2) is 48.9 Å². The average molecular weight is 344 g/mol. The van der Waals surface area contributed by atoms with Crippen molar-refractivity contribution in [2.45, 2.75) is 12.2 Å². The molecule has 6 nitrogen and oxygen atoms in total. The molecule has 3 heterocycles. The van der Waals surface area contributed by atoms with E-state index in [-0.39, 0.29) is 11.2 Å². The molecule has 0 radical (unpaired) electrons. The normalized spacial score (nSPS) is 20.2. The lowest BCUT2D eigenvalue weighted by Crippen LogP contribution is -2.59. The molecule has 2 aliphatic heterocycles. The molecule has 0 unspecified atom stereocenters. The quantitative estimate of drug-likeness (QED) is 0.841. The van der Waals surface area contributed by atoms with Gasteiger partial charge in [0.05, 0.1) is 5.75 Å². The number of hydrogen-bond acceptors (Lipinski definition) is 5. The minimum absolute atomic E-state index is 0.0585. The smallest absolute Gasteiger partial charge is 0.225 e. The second-order valence-electron chi connectivity index (χ2n) is 6.73. The van der Waals surface area contributed by atoms with Gasteiger partial charge in [-0.2, -0.15) is 0 Å². The summed E-state index contributed by atoms with van der Waals surface area (Å²) in [5, 5.41) is 0. The lowest BCUT2D eigenvalue weighted by atomic mass is 9.81. The van der Waals surface area contributed by atoms with Crippen molar-refractivity contribution in [3.8, 4) is 0 Å². The number of sulfonamides is 1. The molecule has 0 N–H and O–H groups in total. The van der Waals surface area contributed by atoms with Gasteiger partial charge in [0.25, 0.3) is 0 Å². The summed E-state index contributed by atoms with van der Waals surface area (Å²) in [5.41, 5.74) is 0.896. The zero-order valence-electron chi connectivity index (χ0n) is 13.4. The Morgan fingerprint density at radius 2 is 1.71 bits per heavy atom. The summed E-state index contributed by atoms with van der Waals surface area (Å²) in [6.45, 7) is 2.92. The predicted octanol–water partition coefficient (Wildman–Crippen LogP) is 1.52. The van der Waals surface area contributed by atoms with Gasteiger partial charge < -0.3 is 4.90 Å². The fourth-order valence-corrected chi connectivity index (χ4v) is 5.33. The van der Waals surface area contributed by atoms with E-state index in [0.717, 1.165) is 31.0 Å². The second kappa shape index (κ2) is 5.82. The molecule has 0 amide bonds. The highest BCUT2D eigenvalue weighted by molar-refractivity contribution is 7.88. The Balaban J connectivity index is 1.39. The van der Waals surface area contributed by atoms with E-state index in [4.69, 9.17) is 0 Å². The maximum Gasteiger partial charge on any atom is 0.225 e. The third-order valence-electron chi connectivity index (χ3n) is 4.88. The van der Waals surface area contributed by atoms with Crippen LogP contribution in [-0.2, 0) is 15.8 Å². The number of anilines is 1. The second-order valence-corrected chi connectivity index (χ2v) is 8.70. The number of aromatic nitrogens is 2. The largest absolute Gasteiger partial charge is 0.340 e. The number of hydrogen-bond donors (Lipinski definition) is 0. The van der Waals surface area contributed by atoms with Crippen LogP contribution < -0.4 is 4.90 Å². The molecule has 0 bridgehead atoms. The molecular formula is C17H20N4O2S. The van der Waals surface area contributed by atoms with Crippen LogP contribution in [0.2, 0.25) is 0 Å². The fraction of sp³-hybridized carbons (Fsp3) is 0.412. The Bertz CT molecular complexity index is 805. The molecule has 126 valence electrons. The first kappa shape index (κ1) is 15.5. The summed E-state index contributed by atoms with van der Waals surface area (Å²) in [7, 11) is -3.24. The Hall–Kier alpha value is -1.99. The van der Waals surface area contributed by atoms with Crippen LogP contribution in [0.15, 0.2) is 48.8 Å². The van der Waals surface area contributed by atoms with Crippen LogP contribution in [0.3, 0.4) is 0 Å². The van der Waals surface area contributed by atoms with E-state index in [1.165, 1.54) is 0 Å². The van der Waals surface area contributed by atoms with E-state index in [1.54, 1.807) is 22.8 Å². The first-order chi connectivity index (χ1) is 11.6. The van der Waals surface area contributed by atoms with Crippen molar-refractivity contribution < 1.29 is 8.42 Å². The summed E-state index contributed by atoms with van der Waals surface area (Å²) >= 11 is 0. The predicted molar refractivity (Wildman–Crippen MR) is 91.9 cm³/mol. The van der Waals surface area contributed by atoms with Crippen molar-refractivity contribution >= 4 is 16.0 Å². The summed E-state index contributed by atoms with van der Waals surface area (Å²) in [5.74, 6) is 0.815. The molecule has 2 fully saturated rings. The molecule has 24 heavy (non-hydrogen) atoms. The fourth-order valence-electron chi connectivity index (χ4n) is 3.59. The van der Waals surface area contributed by atoms with Gasteiger partial charge in [0.2, 0.25) is 16.0 Å². The minimum Gasteiger partial charge on any atom is -0.340 e.